The van der Waals surface area contributed by atoms with Gasteiger partial charge in [-0.3, -0.25) is 9.78 Å². The highest BCUT2D eigenvalue weighted by Crippen LogP contribution is 2.33. The van der Waals surface area contributed by atoms with Crippen molar-refractivity contribution in [2.24, 2.45) is 0 Å². The van der Waals surface area contributed by atoms with Crippen LogP contribution in [0.3, 0.4) is 0 Å². The highest BCUT2D eigenvalue weighted by Gasteiger charge is 2.26. The molecule has 0 radical (unpaired) electrons. The van der Waals surface area contributed by atoms with E-state index < -0.39 is 0 Å². The second-order valence-corrected chi connectivity index (χ2v) is 10.3. The van der Waals surface area contributed by atoms with Gasteiger partial charge in [-0.1, -0.05) is 42.2 Å². The number of hydrogen-bond donors (Lipinski definition) is 0. The van der Waals surface area contributed by atoms with E-state index in [0.717, 1.165) is 61.4 Å². The van der Waals surface area contributed by atoms with Crippen LogP contribution in [0.25, 0.3) is 11.3 Å². The van der Waals surface area contributed by atoms with Crippen molar-refractivity contribution in [2.45, 2.75) is 32.6 Å². The molecule has 2 aromatic carbocycles. The quantitative estimate of drug-likeness (QED) is 0.273. The summed E-state index contributed by atoms with van der Waals surface area (Å²) in [7, 11) is 0. The monoisotopic (exact) mass is 520 g/mol. The van der Waals surface area contributed by atoms with Crippen molar-refractivity contribution >= 4 is 22.9 Å². The minimum atomic E-state index is 0.0208. The second kappa shape index (κ2) is 12.1. The summed E-state index contributed by atoms with van der Waals surface area (Å²) in [6.45, 7) is 7.80. The first-order chi connectivity index (χ1) is 18.6. The average molecular weight is 521 g/mol. The minimum absolute atomic E-state index is 0.0208. The summed E-state index contributed by atoms with van der Waals surface area (Å²) in [5, 5.41) is 3.33. The normalized spacial score (nSPS) is 13.6. The lowest BCUT2D eigenvalue weighted by Gasteiger charge is -2.31. The van der Waals surface area contributed by atoms with Gasteiger partial charge in [0.15, 0.2) is 0 Å². The number of thiazole rings is 1. The fraction of sp³-hybridized carbons (Fsp3) is 0.281. The van der Waals surface area contributed by atoms with Gasteiger partial charge in [-0.25, -0.2) is 4.98 Å². The number of likely N-dealkylation sites (tertiary alicyclic amines) is 1. The van der Waals surface area contributed by atoms with E-state index in [1.54, 1.807) is 23.7 Å². The molecule has 1 saturated heterocycles. The van der Waals surface area contributed by atoms with Gasteiger partial charge in [-0.15, -0.1) is 11.3 Å². The fourth-order valence-electron chi connectivity index (χ4n) is 4.84. The first kappa shape index (κ1) is 25.7. The molecule has 2 aromatic heterocycles. The van der Waals surface area contributed by atoms with Gasteiger partial charge in [0.1, 0.15) is 0 Å². The zero-order valence-electron chi connectivity index (χ0n) is 21.9. The molecule has 1 aliphatic rings. The molecule has 4 aromatic rings. The molecule has 0 bridgehead atoms. The van der Waals surface area contributed by atoms with Crippen LogP contribution in [0.15, 0.2) is 78.4 Å². The highest BCUT2D eigenvalue weighted by molar-refractivity contribution is 7.10. The molecule has 0 aliphatic carbocycles. The minimum Gasteiger partial charge on any atom is -0.372 e. The number of pyridine rings is 1. The Kier molecular flexibility index (Phi) is 8.15. The Balaban J connectivity index is 1.20. The molecule has 0 N–H and O–H groups in total. The topological polar surface area (TPSA) is 49.3 Å². The van der Waals surface area contributed by atoms with Crippen molar-refractivity contribution in [2.75, 3.05) is 31.1 Å². The molecular formula is C32H32N4OS. The van der Waals surface area contributed by atoms with Crippen LogP contribution in [0, 0.1) is 11.8 Å². The van der Waals surface area contributed by atoms with Gasteiger partial charge in [0.05, 0.1) is 16.3 Å². The molecule has 192 valence electrons. The van der Waals surface area contributed by atoms with Crippen LogP contribution in [-0.4, -0.2) is 47.0 Å². The lowest BCUT2D eigenvalue weighted by atomic mass is 9.97. The Morgan fingerprint density at radius 3 is 2.39 bits per heavy atom. The maximum atomic E-state index is 13.2. The lowest BCUT2D eigenvalue weighted by molar-refractivity contribution is 0.0712. The SMILES string of the molecule is CCN(CC)c1ccc(-c2csc(C3CCN(C(=O)c4cncc(C#Cc5ccccc5)c4)CC3)n2)cc1. The summed E-state index contributed by atoms with van der Waals surface area (Å²) < 4.78 is 0. The largest absolute Gasteiger partial charge is 0.372 e. The molecule has 3 heterocycles. The van der Waals surface area contributed by atoms with Gasteiger partial charge >= 0.3 is 0 Å². The zero-order chi connectivity index (χ0) is 26.3. The zero-order valence-corrected chi connectivity index (χ0v) is 22.7. The van der Waals surface area contributed by atoms with E-state index >= 15 is 0 Å². The first-order valence-corrected chi connectivity index (χ1v) is 14.1. The van der Waals surface area contributed by atoms with E-state index in [0.29, 0.717) is 11.5 Å². The van der Waals surface area contributed by atoms with Crippen molar-refractivity contribution in [3.63, 3.8) is 0 Å². The number of benzene rings is 2. The van der Waals surface area contributed by atoms with Crippen LogP contribution >= 0.6 is 11.3 Å². The number of carbonyl (C=O) groups is 1. The number of hydrogen-bond acceptors (Lipinski definition) is 5. The number of aromatic nitrogens is 2. The molecule has 1 amide bonds. The predicted octanol–water partition coefficient (Wildman–Crippen LogP) is 6.47. The molecule has 0 atom stereocenters. The highest BCUT2D eigenvalue weighted by atomic mass is 32.1. The molecule has 6 heteroatoms. The van der Waals surface area contributed by atoms with Gasteiger partial charge in [-0.05, 0) is 57.0 Å². The Labute approximate surface area is 229 Å². The average Bonchev–Trinajstić information content (AvgIpc) is 3.48. The van der Waals surface area contributed by atoms with Crippen LogP contribution < -0.4 is 4.90 Å². The van der Waals surface area contributed by atoms with E-state index in [2.05, 4.69) is 65.2 Å². The molecule has 5 nitrogen and oxygen atoms in total. The maximum absolute atomic E-state index is 13.2. The molecule has 0 spiro atoms. The Morgan fingerprint density at radius 2 is 1.68 bits per heavy atom. The number of nitrogens with zero attached hydrogens (tertiary/aromatic N) is 4. The Bertz CT molecular complexity index is 1420. The molecule has 0 unspecified atom stereocenters. The first-order valence-electron chi connectivity index (χ1n) is 13.3. The maximum Gasteiger partial charge on any atom is 0.255 e. The van der Waals surface area contributed by atoms with E-state index in [1.807, 2.05) is 41.3 Å². The van der Waals surface area contributed by atoms with Crippen LogP contribution in [0.2, 0.25) is 0 Å². The third-order valence-corrected chi connectivity index (χ3v) is 8.06. The van der Waals surface area contributed by atoms with Crippen molar-refractivity contribution < 1.29 is 4.79 Å². The number of amides is 1. The van der Waals surface area contributed by atoms with Crippen LogP contribution in [0.5, 0.6) is 0 Å². The number of carbonyl (C=O) groups excluding carboxylic acids is 1. The van der Waals surface area contributed by atoms with Crippen molar-refractivity contribution in [1.29, 1.82) is 0 Å². The van der Waals surface area contributed by atoms with Crippen LogP contribution in [0.1, 0.15) is 59.1 Å². The van der Waals surface area contributed by atoms with Gasteiger partial charge < -0.3 is 9.80 Å². The van der Waals surface area contributed by atoms with Gasteiger partial charge in [-0.2, -0.15) is 0 Å². The number of piperidine rings is 1. The molecule has 1 fully saturated rings. The molecule has 0 saturated carbocycles. The predicted molar refractivity (Wildman–Crippen MR) is 156 cm³/mol. The fourth-order valence-corrected chi connectivity index (χ4v) is 5.84. The summed E-state index contributed by atoms with van der Waals surface area (Å²) >= 11 is 1.73. The van der Waals surface area contributed by atoms with Crippen LogP contribution in [0.4, 0.5) is 5.69 Å². The van der Waals surface area contributed by atoms with E-state index in [4.69, 9.17) is 4.98 Å². The number of rotatable bonds is 6. The van der Waals surface area contributed by atoms with E-state index in [1.165, 1.54) is 10.7 Å². The smallest absolute Gasteiger partial charge is 0.255 e. The molecule has 38 heavy (non-hydrogen) atoms. The van der Waals surface area contributed by atoms with Crippen molar-refractivity contribution in [3.8, 4) is 23.1 Å². The molecular weight excluding hydrogens is 488 g/mol. The Hall–Kier alpha value is -3.95. The molecule has 5 rings (SSSR count). The number of anilines is 1. The van der Waals surface area contributed by atoms with Gasteiger partial charge in [0.25, 0.3) is 5.91 Å². The second-order valence-electron chi connectivity index (χ2n) is 9.43. The standard InChI is InChI=1S/C32H32N4OS/c1-3-35(4-2)29-14-12-26(13-15-29)30-23-38-31(34-30)27-16-18-36(19-17-27)32(37)28-20-25(21-33-22-28)11-10-24-8-6-5-7-9-24/h5-9,12-15,20-23,27H,3-4,16-19H2,1-2H3. The summed E-state index contributed by atoms with van der Waals surface area (Å²) in [6, 6.07) is 20.4. The van der Waals surface area contributed by atoms with Gasteiger partial charge in [0, 0.05) is 72.2 Å². The summed E-state index contributed by atoms with van der Waals surface area (Å²) in [6.07, 6.45) is 5.18. The summed E-state index contributed by atoms with van der Waals surface area (Å²) in [4.78, 5) is 26.7. The van der Waals surface area contributed by atoms with Crippen molar-refractivity contribution in [1.82, 2.24) is 14.9 Å². The lowest BCUT2D eigenvalue weighted by Crippen LogP contribution is -2.38. The Morgan fingerprint density at radius 1 is 0.974 bits per heavy atom. The van der Waals surface area contributed by atoms with Crippen molar-refractivity contribution in [3.05, 3.63) is 100 Å². The third kappa shape index (κ3) is 5.95. The van der Waals surface area contributed by atoms with Crippen LogP contribution in [-0.2, 0) is 0 Å². The van der Waals surface area contributed by atoms with Gasteiger partial charge in [0.2, 0.25) is 0 Å². The summed E-state index contributed by atoms with van der Waals surface area (Å²) in [5.41, 5.74) is 5.71. The molecule has 1 aliphatic heterocycles. The third-order valence-electron chi connectivity index (χ3n) is 7.06. The van der Waals surface area contributed by atoms with E-state index in [9.17, 15) is 4.79 Å². The summed E-state index contributed by atoms with van der Waals surface area (Å²) in [5.74, 6) is 6.66. The van der Waals surface area contributed by atoms with E-state index in [-0.39, 0.29) is 5.91 Å².